The van der Waals surface area contributed by atoms with Gasteiger partial charge in [-0.15, -0.1) is 0 Å². The molecule has 0 aromatic heterocycles. The molecule has 0 bridgehead atoms. The van der Waals surface area contributed by atoms with Crippen LogP contribution in [0, 0.1) is 31.5 Å². The Morgan fingerprint density at radius 3 is 2.65 bits per heavy atom. The summed E-state index contributed by atoms with van der Waals surface area (Å²) in [6.45, 7) is 9.34. The maximum absolute atomic E-state index is 14.5. The number of hydrogen-bond donors (Lipinski definition) is 1. The van der Waals surface area contributed by atoms with Gasteiger partial charge in [0.2, 0.25) is 0 Å². The minimum atomic E-state index is -0.0355. The molecule has 0 heterocycles. The molecule has 1 aliphatic rings. The minimum Gasteiger partial charge on any atom is -0.310 e. The van der Waals surface area contributed by atoms with Gasteiger partial charge in [-0.05, 0) is 62.3 Å². The van der Waals surface area contributed by atoms with Crippen LogP contribution in [0.15, 0.2) is 12.1 Å². The molecular formula is C18H28FN. The topological polar surface area (TPSA) is 12.0 Å². The smallest absolute Gasteiger partial charge is 0.128 e. The van der Waals surface area contributed by atoms with E-state index in [1.807, 2.05) is 13.8 Å². The third-order valence-electron chi connectivity index (χ3n) is 4.66. The second kappa shape index (κ2) is 6.71. The van der Waals surface area contributed by atoms with E-state index in [1.165, 1.54) is 25.7 Å². The van der Waals surface area contributed by atoms with Crippen molar-refractivity contribution < 1.29 is 4.39 Å². The molecule has 2 heteroatoms. The SMILES string of the molecule is CCNC(c1c(C)cc(C)cc1F)C1CCCC(C)C1. The van der Waals surface area contributed by atoms with Crippen molar-refractivity contribution in [2.24, 2.45) is 11.8 Å². The summed E-state index contributed by atoms with van der Waals surface area (Å²) in [6, 6.07) is 3.96. The van der Waals surface area contributed by atoms with Crippen LogP contribution in [0.4, 0.5) is 4.39 Å². The lowest BCUT2D eigenvalue weighted by molar-refractivity contribution is 0.222. The van der Waals surface area contributed by atoms with Crippen molar-refractivity contribution >= 4 is 0 Å². The largest absolute Gasteiger partial charge is 0.310 e. The van der Waals surface area contributed by atoms with Crippen molar-refractivity contribution in [2.45, 2.75) is 59.4 Å². The standard InChI is InChI=1S/C18H28FN/c1-5-20-18(15-8-6-7-12(2)10-15)17-14(4)9-13(3)11-16(17)19/h9,11-12,15,18,20H,5-8,10H2,1-4H3. The van der Waals surface area contributed by atoms with E-state index in [-0.39, 0.29) is 11.9 Å². The lowest BCUT2D eigenvalue weighted by Crippen LogP contribution is -2.32. The number of benzene rings is 1. The average Bonchev–Trinajstić information content (AvgIpc) is 2.36. The zero-order valence-electron chi connectivity index (χ0n) is 13.3. The van der Waals surface area contributed by atoms with Crippen molar-refractivity contribution in [1.29, 1.82) is 0 Å². The molecule has 0 saturated heterocycles. The van der Waals surface area contributed by atoms with Crippen LogP contribution in [-0.4, -0.2) is 6.54 Å². The van der Waals surface area contributed by atoms with Crippen LogP contribution in [0.3, 0.4) is 0 Å². The van der Waals surface area contributed by atoms with Crippen molar-refractivity contribution in [2.75, 3.05) is 6.54 Å². The first-order valence-electron chi connectivity index (χ1n) is 8.03. The molecule has 112 valence electrons. The molecule has 1 aromatic carbocycles. The number of rotatable bonds is 4. The summed E-state index contributed by atoms with van der Waals surface area (Å²) in [5.74, 6) is 1.30. The second-order valence-electron chi connectivity index (χ2n) is 6.54. The third kappa shape index (κ3) is 3.41. The van der Waals surface area contributed by atoms with Crippen molar-refractivity contribution in [3.8, 4) is 0 Å². The first-order chi connectivity index (χ1) is 9.52. The quantitative estimate of drug-likeness (QED) is 0.823. The van der Waals surface area contributed by atoms with Gasteiger partial charge in [0.05, 0.1) is 0 Å². The summed E-state index contributed by atoms with van der Waals surface area (Å²) < 4.78 is 14.5. The van der Waals surface area contributed by atoms with E-state index in [0.29, 0.717) is 5.92 Å². The van der Waals surface area contributed by atoms with Crippen LogP contribution in [0.25, 0.3) is 0 Å². The molecule has 0 spiro atoms. The molecule has 1 N–H and O–H groups in total. The van der Waals surface area contributed by atoms with E-state index in [9.17, 15) is 4.39 Å². The van der Waals surface area contributed by atoms with E-state index in [2.05, 4.69) is 25.2 Å². The monoisotopic (exact) mass is 277 g/mol. The maximum Gasteiger partial charge on any atom is 0.128 e. The highest BCUT2D eigenvalue weighted by molar-refractivity contribution is 5.35. The van der Waals surface area contributed by atoms with Crippen LogP contribution in [0.2, 0.25) is 0 Å². The highest BCUT2D eigenvalue weighted by Crippen LogP contribution is 2.39. The lowest BCUT2D eigenvalue weighted by Gasteiger charge is -2.35. The van der Waals surface area contributed by atoms with Gasteiger partial charge in [0.15, 0.2) is 0 Å². The molecule has 1 aliphatic carbocycles. The van der Waals surface area contributed by atoms with Gasteiger partial charge in [-0.3, -0.25) is 0 Å². The van der Waals surface area contributed by atoms with Gasteiger partial charge < -0.3 is 5.32 Å². The van der Waals surface area contributed by atoms with Gasteiger partial charge in [0.1, 0.15) is 5.82 Å². The van der Waals surface area contributed by atoms with Gasteiger partial charge in [-0.25, -0.2) is 4.39 Å². The first-order valence-corrected chi connectivity index (χ1v) is 8.03. The van der Waals surface area contributed by atoms with Crippen LogP contribution >= 0.6 is 0 Å². The summed E-state index contributed by atoms with van der Waals surface area (Å²) >= 11 is 0. The molecule has 1 nitrogen and oxygen atoms in total. The van der Waals surface area contributed by atoms with E-state index < -0.39 is 0 Å². The predicted octanol–water partition coefficient (Wildman–Crippen LogP) is 4.92. The van der Waals surface area contributed by atoms with Gasteiger partial charge in [-0.2, -0.15) is 0 Å². The molecule has 3 atom stereocenters. The second-order valence-corrected chi connectivity index (χ2v) is 6.54. The van der Waals surface area contributed by atoms with Gasteiger partial charge >= 0.3 is 0 Å². The summed E-state index contributed by atoms with van der Waals surface area (Å²) in [4.78, 5) is 0. The Morgan fingerprint density at radius 2 is 2.05 bits per heavy atom. The van der Waals surface area contributed by atoms with Crippen molar-refractivity contribution in [3.05, 3.63) is 34.6 Å². The molecule has 0 aliphatic heterocycles. The molecule has 20 heavy (non-hydrogen) atoms. The molecule has 2 rings (SSSR count). The number of halogens is 1. The minimum absolute atomic E-state index is 0.0355. The highest BCUT2D eigenvalue weighted by atomic mass is 19.1. The molecule has 1 aromatic rings. The normalized spacial score (nSPS) is 24.6. The molecule has 0 radical (unpaired) electrons. The lowest BCUT2D eigenvalue weighted by atomic mass is 9.76. The van der Waals surface area contributed by atoms with E-state index in [4.69, 9.17) is 0 Å². The van der Waals surface area contributed by atoms with Gasteiger partial charge in [-0.1, -0.05) is 32.8 Å². The van der Waals surface area contributed by atoms with Crippen LogP contribution in [0.5, 0.6) is 0 Å². The zero-order valence-corrected chi connectivity index (χ0v) is 13.3. The Balaban J connectivity index is 2.33. The van der Waals surface area contributed by atoms with Crippen LogP contribution in [-0.2, 0) is 0 Å². The summed E-state index contributed by atoms with van der Waals surface area (Å²) in [5, 5.41) is 3.55. The summed E-state index contributed by atoms with van der Waals surface area (Å²) in [6.07, 6.45) is 5.03. The van der Waals surface area contributed by atoms with Crippen molar-refractivity contribution in [3.63, 3.8) is 0 Å². The Hall–Kier alpha value is -0.890. The molecule has 1 saturated carbocycles. The van der Waals surface area contributed by atoms with E-state index in [1.54, 1.807) is 6.07 Å². The number of nitrogens with one attached hydrogen (secondary N) is 1. The summed E-state index contributed by atoms with van der Waals surface area (Å²) in [7, 11) is 0. The average molecular weight is 277 g/mol. The van der Waals surface area contributed by atoms with E-state index >= 15 is 0 Å². The molecule has 3 unspecified atom stereocenters. The van der Waals surface area contributed by atoms with Crippen molar-refractivity contribution in [1.82, 2.24) is 5.32 Å². The van der Waals surface area contributed by atoms with Gasteiger partial charge in [0.25, 0.3) is 0 Å². The molecular weight excluding hydrogens is 249 g/mol. The van der Waals surface area contributed by atoms with E-state index in [0.717, 1.165) is 29.2 Å². The first kappa shape index (κ1) is 15.5. The Kier molecular flexibility index (Phi) is 5.20. The molecule has 1 fully saturated rings. The fourth-order valence-electron chi connectivity index (χ4n) is 3.83. The van der Waals surface area contributed by atoms with Gasteiger partial charge in [0, 0.05) is 11.6 Å². The number of aryl methyl sites for hydroxylation is 2. The number of hydrogen-bond acceptors (Lipinski definition) is 1. The summed E-state index contributed by atoms with van der Waals surface area (Å²) in [5.41, 5.74) is 3.00. The Morgan fingerprint density at radius 1 is 1.30 bits per heavy atom. The third-order valence-corrected chi connectivity index (χ3v) is 4.66. The zero-order chi connectivity index (χ0) is 14.7. The highest BCUT2D eigenvalue weighted by Gasteiger charge is 2.30. The van der Waals surface area contributed by atoms with Crippen LogP contribution in [0.1, 0.15) is 62.3 Å². The fraction of sp³-hybridized carbons (Fsp3) is 0.667. The Labute approximate surface area is 123 Å². The fourth-order valence-corrected chi connectivity index (χ4v) is 3.83. The van der Waals surface area contributed by atoms with Crippen LogP contribution < -0.4 is 5.32 Å². The Bertz CT molecular complexity index is 432. The predicted molar refractivity (Wildman–Crippen MR) is 83.4 cm³/mol. The maximum atomic E-state index is 14.5. The molecule has 0 amide bonds.